The molecule has 0 aliphatic rings. The van der Waals surface area contributed by atoms with E-state index >= 15 is 0 Å². The zero-order valence-electron chi connectivity index (χ0n) is 9.66. The van der Waals surface area contributed by atoms with Gasteiger partial charge in [-0.15, -0.1) is 0 Å². The van der Waals surface area contributed by atoms with Crippen LogP contribution in [-0.2, 0) is 6.61 Å². The second kappa shape index (κ2) is 6.03. The van der Waals surface area contributed by atoms with Crippen molar-refractivity contribution >= 4 is 17.4 Å². The molecule has 0 radical (unpaired) electrons. The molecule has 0 fully saturated rings. The smallest absolute Gasteiger partial charge is 0.0702 e. The van der Waals surface area contributed by atoms with Gasteiger partial charge in [-0.3, -0.25) is 0 Å². The molecule has 1 aromatic carbocycles. The normalized spacial score (nSPS) is 10.4. The van der Waals surface area contributed by atoms with Crippen molar-refractivity contribution in [2.75, 3.05) is 30.5 Å². The van der Waals surface area contributed by atoms with Gasteiger partial charge in [0.05, 0.1) is 6.61 Å². The second-order valence-electron chi connectivity index (χ2n) is 3.70. The third-order valence-electron chi connectivity index (χ3n) is 2.45. The molecule has 0 bridgehead atoms. The summed E-state index contributed by atoms with van der Waals surface area (Å²) in [5.41, 5.74) is 3.34. The molecular formula is C12H19NOS. The first-order valence-corrected chi connectivity index (χ1v) is 6.49. The summed E-state index contributed by atoms with van der Waals surface area (Å²) in [6, 6.07) is 6.22. The Morgan fingerprint density at radius 2 is 2.13 bits per heavy atom. The van der Waals surface area contributed by atoms with Crippen molar-refractivity contribution in [2.24, 2.45) is 0 Å². The van der Waals surface area contributed by atoms with Crippen LogP contribution in [0.2, 0.25) is 0 Å². The lowest BCUT2D eigenvalue weighted by Crippen LogP contribution is -2.21. The monoisotopic (exact) mass is 225 g/mol. The highest BCUT2D eigenvalue weighted by Gasteiger charge is 2.06. The Hall–Kier alpha value is -0.670. The van der Waals surface area contributed by atoms with Crippen molar-refractivity contribution in [3.63, 3.8) is 0 Å². The maximum atomic E-state index is 9.29. The first kappa shape index (κ1) is 12.4. The van der Waals surface area contributed by atoms with Crippen molar-refractivity contribution in [3.8, 4) is 0 Å². The molecule has 2 nitrogen and oxygen atoms in total. The molecule has 0 saturated heterocycles. The molecular weight excluding hydrogens is 206 g/mol. The van der Waals surface area contributed by atoms with E-state index in [1.165, 1.54) is 5.56 Å². The van der Waals surface area contributed by atoms with Crippen LogP contribution in [0, 0.1) is 6.92 Å². The van der Waals surface area contributed by atoms with Gasteiger partial charge in [0.25, 0.3) is 0 Å². The van der Waals surface area contributed by atoms with Gasteiger partial charge in [-0.2, -0.15) is 11.8 Å². The van der Waals surface area contributed by atoms with Crippen LogP contribution < -0.4 is 4.90 Å². The second-order valence-corrected chi connectivity index (χ2v) is 4.69. The van der Waals surface area contributed by atoms with E-state index < -0.39 is 0 Å². The number of aryl methyl sites for hydroxylation is 1. The fourth-order valence-corrected chi connectivity index (χ4v) is 2.02. The molecule has 0 spiro atoms. The number of anilines is 1. The van der Waals surface area contributed by atoms with Gasteiger partial charge >= 0.3 is 0 Å². The quantitative estimate of drug-likeness (QED) is 0.831. The molecule has 0 unspecified atom stereocenters. The molecule has 0 heterocycles. The van der Waals surface area contributed by atoms with E-state index in [1.54, 1.807) is 0 Å². The van der Waals surface area contributed by atoms with Crippen LogP contribution in [0.1, 0.15) is 11.1 Å². The Kier molecular flexibility index (Phi) is 4.99. The lowest BCUT2D eigenvalue weighted by Gasteiger charge is -2.21. The van der Waals surface area contributed by atoms with E-state index in [0.717, 1.165) is 23.5 Å². The Labute approximate surface area is 96.3 Å². The maximum Gasteiger partial charge on any atom is 0.0702 e. The zero-order chi connectivity index (χ0) is 11.3. The minimum atomic E-state index is 0.112. The summed E-state index contributed by atoms with van der Waals surface area (Å²) in [7, 11) is 2.07. The molecule has 1 rings (SSSR count). The molecule has 0 atom stereocenters. The summed E-state index contributed by atoms with van der Waals surface area (Å²) >= 11 is 1.84. The average molecular weight is 225 g/mol. The summed E-state index contributed by atoms with van der Waals surface area (Å²) in [6.45, 7) is 3.17. The molecule has 0 aromatic heterocycles. The van der Waals surface area contributed by atoms with Gasteiger partial charge in [0.15, 0.2) is 0 Å². The number of rotatable bonds is 5. The van der Waals surface area contributed by atoms with Crippen molar-refractivity contribution in [2.45, 2.75) is 13.5 Å². The predicted octanol–water partition coefficient (Wildman–Crippen LogP) is 2.29. The molecule has 0 amide bonds. The van der Waals surface area contributed by atoms with Crippen molar-refractivity contribution in [1.29, 1.82) is 0 Å². The molecule has 3 heteroatoms. The van der Waals surface area contributed by atoms with Gasteiger partial charge in [0, 0.05) is 30.6 Å². The molecule has 0 aliphatic carbocycles. The summed E-state index contributed by atoms with van der Waals surface area (Å²) in [4.78, 5) is 2.20. The molecule has 84 valence electrons. The highest BCUT2D eigenvalue weighted by molar-refractivity contribution is 7.98. The first-order valence-electron chi connectivity index (χ1n) is 5.09. The van der Waals surface area contributed by atoms with E-state index in [9.17, 15) is 5.11 Å². The molecule has 0 aliphatic heterocycles. The third kappa shape index (κ3) is 3.43. The number of hydrogen-bond donors (Lipinski definition) is 1. The van der Waals surface area contributed by atoms with Gasteiger partial charge in [-0.05, 0) is 19.2 Å². The zero-order valence-corrected chi connectivity index (χ0v) is 10.5. The van der Waals surface area contributed by atoms with Gasteiger partial charge in [-0.1, -0.05) is 17.7 Å². The Balaban J connectivity index is 2.82. The Morgan fingerprint density at radius 1 is 1.40 bits per heavy atom. The number of hydrogen-bond acceptors (Lipinski definition) is 3. The highest BCUT2D eigenvalue weighted by Crippen LogP contribution is 2.21. The van der Waals surface area contributed by atoms with E-state index in [2.05, 4.69) is 30.3 Å². The Bertz CT molecular complexity index is 314. The Morgan fingerprint density at radius 3 is 2.73 bits per heavy atom. The van der Waals surface area contributed by atoms with Gasteiger partial charge in [-0.25, -0.2) is 0 Å². The lowest BCUT2D eigenvalue weighted by molar-refractivity contribution is 0.282. The minimum absolute atomic E-state index is 0.112. The summed E-state index contributed by atoms with van der Waals surface area (Å²) in [5.74, 6) is 1.11. The highest BCUT2D eigenvalue weighted by atomic mass is 32.2. The maximum absolute atomic E-state index is 9.29. The minimum Gasteiger partial charge on any atom is -0.392 e. The number of aliphatic hydroxyl groups is 1. The standard InChI is InChI=1S/C12H19NOS/c1-10-4-5-12(11(8-10)9-14)13(2)6-7-15-3/h4-5,8,14H,6-7,9H2,1-3H3. The van der Waals surface area contributed by atoms with Crippen LogP contribution in [0.5, 0.6) is 0 Å². The van der Waals surface area contributed by atoms with Crippen LogP contribution in [0.3, 0.4) is 0 Å². The van der Waals surface area contributed by atoms with Gasteiger partial charge < -0.3 is 10.0 Å². The van der Waals surface area contributed by atoms with E-state index in [1.807, 2.05) is 24.8 Å². The van der Waals surface area contributed by atoms with Crippen LogP contribution in [-0.4, -0.2) is 30.7 Å². The van der Waals surface area contributed by atoms with Crippen LogP contribution >= 0.6 is 11.8 Å². The van der Waals surface area contributed by atoms with Crippen molar-refractivity contribution in [3.05, 3.63) is 29.3 Å². The fourth-order valence-electron chi connectivity index (χ4n) is 1.56. The molecule has 1 N–H and O–H groups in total. The van der Waals surface area contributed by atoms with Crippen LogP contribution in [0.4, 0.5) is 5.69 Å². The van der Waals surface area contributed by atoms with Crippen molar-refractivity contribution in [1.82, 2.24) is 0 Å². The first-order chi connectivity index (χ1) is 7.19. The van der Waals surface area contributed by atoms with E-state index in [4.69, 9.17) is 0 Å². The molecule has 1 aromatic rings. The number of aliphatic hydroxyl groups excluding tert-OH is 1. The number of benzene rings is 1. The van der Waals surface area contributed by atoms with E-state index in [0.29, 0.717) is 0 Å². The molecule has 15 heavy (non-hydrogen) atoms. The molecule has 0 saturated carbocycles. The van der Waals surface area contributed by atoms with Crippen LogP contribution in [0.25, 0.3) is 0 Å². The summed E-state index contributed by atoms with van der Waals surface area (Å²) in [6.07, 6.45) is 2.11. The van der Waals surface area contributed by atoms with E-state index in [-0.39, 0.29) is 6.61 Å². The largest absolute Gasteiger partial charge is 0.392 e. The topological polar surface area (TPSA) is 23.5 Å². The summed E-state index contributed by atoms with van der Waals surface area (Å²) < 4.78 is 0. The van der Waals surface area contributed by atoms with Crippen LogP contribution in [0.15, 0.2) is 18.2 Å². The predicted molar refractivity (Wildman–Crippen MR) is 68.8 cm³/mol. The SMILES string of the molecule is CSCCN(C)c1ccc(C)cc1CO. The number of thioether (sulfide) groups is 1. The summed E-state index contributed by atoms with van der Waals surface area (Å²) in [5, 5.41) is 9.29. The van der Waals surface area contributed by atoms with Crippen molar-refractivity contribution < 1.29 is 5.11 Å². The lowest BCUT2D eigenvalue weighted by atomic mass is 10.1. The van der Waals surface area contributed by atoms with Gasteiger partial charge in [0.2, 0.25) is 0 Å². The number of nitrogens with zero attached hydrogens (tertiary/aromatic N) is 1. The fraction of sp³-hybridized carbons (Fsp3) is 0.500. The van der Waals surface area contributed by atoms with Gasteiger partial charge in [0.1, 0.15) is 0 Å². The average Bonchev–Trinajstić information content (AvgIpc) is 2.25. The third-order valence-corrected chi connectivity index (χ3v) is 3.04.